The number of nitrogens with one attached hydrogen (secondary N) is 1. The Morgan fingerprint density at radius 1 is 1.38 bits per heavy atom. The maximum atomic E-state index is 12.4. The Morgan fingerprint density at radius 3 is 2.79 bits per heavy atom. The van der Waals surface area contributed by atoms with Crippen LogP contribution in [0, 0.1) is 5.92 Å². The van der Waals surface area contributed by atoms with Gasteiger partial charge in [0, 0.05) is 25.6 Å². The third kappa shape index (κ3) is 3.96. The molecule has 1 aliphatic heterocycles. The summed E-state index contributed by atoms with van der Waals surface area (Å²) in [6, 6.07) is 5.13. The van der Waals surface area contributed by atoms with Crippen LogP contribution in [0.15, 0.2) is 23.1 Å². The predicted molar refractivity (Wildman–Crippen MR) is 89.8 cm³/mol. The maximum Gasteiger partial charge on any atom is 0.240 e. The van der Waals surface area contributed by atoms with E-state index in [1.165, 1.54) is 0 Å². The van der Waals surface area contributed by atoms with Crippen molar-refractivity contribution in [1.82, 2.24) is 9.62 Å². The normalized spacial score (nSPS) is 19.0. The molecule has 1 aromatic carbocycles. The molecule has 1 unspecified atom stereocenters. The summed E-state index contributed by atoms with van der Waals surface area (Å²) in [5, 5.41) is 9.24. The molecular formula is C17H24N2O4S. The highest BCUT2D eigenvalue weighted by atomic mass is 32.2. The fourth-order valence-electron chi connectivity index (χ4n) is 2.96. The quantitative estimate of drug-likeness (QED) is 0.801. The molecule has 2 N–H and O–H groups in total. The van der Waals surface area contributed by atoms with Crippen LogP contribution in [0.1, 0.15) is 37.3 Å². The number of carbonyl (C=O) groups excluding carboxylic acids is 1. The number of aliphatic hydroxyl groups excluding tert-OH is 1. The lowest BCUT2D eigenvalue weighted by Crippen LogP contribution is -2.37. The summed E-state index contributed by atoms with van der Waals surface area (Å²) in [6.45, 7) is 3.02. The van der Waals surface area contributed by atoms with Crippen molar-refractivity contribution in [1.29, 1.82) is 0 Å². The minimum absolute atomic E-state index is 0.181. The molecule has 0 radical (unpaired) electrons. The van der Waals surface area contributed by atoms with E-state index in [-0.39, 0.29) is 23.3 Å². The van der Waals surface area contributed by atoms with E-state index >= 15 is 0 Å². The van der Waals surface area contributed by atoms with Crippen LogP contribution >= 0.6 is 0 Å². The highest BCUT2D eigenvalue weighted by Gasteiger charge is 2.34. The molecule has 0 spiro atoms. The standard InChI is InChI=1S/C17H24N2O4S/c1-12(20)6-8-18-24(22,23)16-5-4-13-7-9-19(11-15(13)10-16)17(21)14-2-3-14/h4-5,10,12,14,18,20H,2-3,6-9,11H2,1H3. The molecule has 0 bridgehead atoms. The largest absolute Gasteiger partial charge is 0.393 e. The van der Waals surface area contributed by atoms with Crippen LogP contribution in [-0.2, 0) is 27.8 Å². The maximum absolute atomic E-state index is 12.4. The third-order valence-electron chi connectivity index (χ3n) is 4.59. The lowest BCUT2D eigenvalue weighted by atomic mass is 9.99. The third-order valence-corrected chi connectivity index (χ3v) is 6.05. The van der Waals surface area contributed by atoms with Crippen molar-refractivity contribution in [2.75, 3.05) is 13.1 Å². The first-order valence-corrected chi connectivity index (χ1v) is 9.93. The molecule has 7 heteroatoms. The number of amides is 1. The van der Waals surface area contributed by atoms with Gasteiger partial charge in [0.05, 0.1) is 11.0 Å². The number of nitrogens with zero attached hydrogens (tertiary/aromatic N) is 1. The molecular weight excluding hydrogens is 328 g/mol. The highest BCUT2D eigenvalue weighted by Crippen LogP contribution is 2.33. The molecule has 132 valence electrons. The van der Waals surface area contributed by atoms with Crippen LogP contribution < -0.4 is 4.72 Å². The Hall–Kier alpha value is -1.44. The number of carbonyl (C=O) groups is 1. The van der Waals surface area contributed by atoms with Gasteiger partial charge in [0.1, 0.15) is 0 Å². The summed E-state index contributed by atoms with van der Waals surface area (Å²) in [6.07, 6.45) is 2.55. The van der Waals surface area contributed by atoms with Crippen molar-refractivity contribution in [3.8, 4) is 0 Å². The molecule has 0 saturated heterocycles. The Labute approximate surface area is 142 Å². The number of fused-ring (bicyclic) bond motifs is 1. The summed E-state index contributed by atoms with van der Waals surface area (Å²) >= 11 is 0. The Kier molecular flexibility index (Phi) is 4.94. The molecule has 1 aromatic rings. The number of aliphatic hydroxyl groups is 1. The van der Waals surface area contributed by atoms with Crippen molar-refractivity contribution in [3.05, 3.63) is 29.3 Å². The van der Waals surface area contributed by atoms with Crippen molar-refractivity contribution in [3.63, 3.8) is 0 Å². The highest BCUT2D eigenvalue weighted by molar-refractivity contribution is 7.89. The van der Waals surface area contributed by atoms with E-state index in [1.54, 1.807) is 19.1 Å². The van der Waals surface area contributed by atoms with Gasteiger partial charge in [-0.1, -0.05) is 6.07 Å². The van der Waals surface area contributed by atoms with Crippen molar-refractivity contribution < 1.29 is 18.3 Å². The number of hydrogen-bond donors (Lipinski definition) is 2. The fraction of sp³-hybridized carbons (Fsp3) is 0.588. The van der Waals surface area contributed by atoms with Crippen LogP contribution in [-0.4, -0.2) is 43.5 Å². The number of hydrogen-bond acceptors (Lipinski definition) is 4. The molecule has 2 aliphatic rings. The average molecular weight is 352 g/mol. The van der Waals surface area contributed by atoms with E-state index in [0.29, 0.717) is 19.5 Å². The summed E-state index contributed by atoms with van der Waals surface area (Å²) in [7, 11) is -3.60. The number of benzene rings is 1. The second kappa shape index (κ2) is 6.82. The van der Waals surface area contributed by atoms with Gasteiger partial charge in [0.2, 0.25) is 15.9 Å². The van der Waals surface area contributed by atoms with Gasteiger partial charge in [-0.15, -0.1) is 0 Å². The topological polar surface area (TPSA) is 86.7 Å². The second-order valence-electron chi connectivity index (χ2n) is 6.75. The summed E-state index contributed by atoms with van der Waals surface area (Å²) in [5.41, 5.74) is 2.02. The first-order chi connectivity index (χ1) is 11.4. The van der Waals surface area contributed by atoms with E-state index in [1.807, 2.05) is 11.0 Å². The zero-order valence-corrected chi connectivity index (χ0v) is 14.7. The molecule has 0 aromatic heterocycles. The Morgan fingerprint density at radius 2 is 2.12 bits per heavy atom. The van der Waals surface area contributed by atoms with E-state index < -0.39 is 16.1 Å². The van der Waals surface area contributed by atoms with Crippen molar-refractivity contribution >= 4 is 15.9 Å². The minimum atomic E-state index is -3.60. The number of rotatable bonds is 6. The van der Waals surface area contributed by atoms with Gasteiger partial charge in [-0.2, -0.15) is 0 Å². The smallest absolute Gasteiger partial charge is 0.240 e. The Balaban J connectivity index is 1.73. The fourth-order valence-corrected chi connectivity index (χ4v) is 4.06. The zero-order valence-electron chi connectivity index (χ0n) is 13.9. The summed E-state index contributed by atoms with van der Waals surface area (Å²) in [4.78, 5) is 14.3. The molecule has 1 fully saturated rings. The minimum Gasteiger partial charge on any atom is -0.393 e. The van der Waals surface area contributed by atoms with Crippen LogP contribution in [0.5, 0.6) is 0 Å². The molecule has 1 saturated carbocycles. The van der Waals surface area contributed by atoms with Crippen LogP contribution in [0.3, 0.4) is 0 Å². The Bertz CT molecular complexity index is 726. The van der Waals surface area contributed by atoms with E-state index in [0.717, 1.165) is 30.4 Å². The second-order valence-corrected chi connectivity index (χ2v) is 8.52. The van der Waals surface area contributed by atoms with Gasteiger partial charge in [-0.25, -0.2) is 13.1 Å². The van der Waals surface area contributed by atoms with Gasteiger partial charge in [-0.3, -0.25) is 4.79 Å². The summed E-state index contributed by atoms with van der Waals surface area (Å²) < 4.78 is 27.2. The van der Waals surface area contributed by atoms with E-state index in [2.05, 4.69) is 4.72 Å². The van der Waals surface area contributed by atoms with Gasteiger partial charge < -0.3 is 10.0 Å². The molecule has 1 atom stereocenters. The van der Waals surface area contributed by atoms with Gasteiger partial charge >= 0.3 is 0 Å². The molecule has 6 nitrogen and oxygen atoms in total. The predicted octanol–water partition coefficient (Wildman–Crippen LogP) is 1.03. The number of sulfonamides is 1. The van der Waals surface area contributed by atoms with Crippen LogP contribution in [0.25, 0.3) is 0 Å². The first-order valence-electron chi connectivity index (χ1n) is 8.45. The van der Waals surface area contributed by atoms with Crippen LogP contribution in [0.4, 0.5) is 0 Å². The molecule has 1 heterocycles. The van der Waals surface area contributed by atoms with Gasteiger partial charge in [0.15, 0.2) is 0 Å². The monoisotopic (exact) mass is 352 g/mol. The van der Waals surface area contributed by atoms with Crippen molar-refractivity contribution in [2.45, 2.75) is 50.2 Å². The molecule has 1 aliphatic carbocycles. The average Bonchev–Trinajstić information content (AvgIpc) is 3.37. The van der Waals surface area contributed by atoms with Gasteiger partial charge in [0.25, 0.3) is 0 Å². The van der Waals surface area contributed by atoms with E-state index in [9.17, 15) is 18.3 Å². The summed E-state index contributed by atoms with van der Waals surface area (Å²) in [5.74, 6) is 0.379. The molecule has 24 heavy (non-hydrogen) atoms. The first kappa shape index (κ1) is 17.4. The lowest BCUT2D eigenvalue weighted by Gasteiger charge is -2.29. The van der Waals surface area contributed by atoms with E-state index in [4.69, 9.17) is 0 Å². The van der Waals surface area contributed by atoms with Crippen molar-refractivity contribution in [2.24, 2.45) is 5.92 Å². The lowest BCUT2D eigenvalue weighted by molar-refractivity contribution is -0.133. The molecule has 3 rings (SSSR count). The zero-order chi connectivity index (χ0) is 17.3. The van der Waals surface area contributed by atoms with Gasteiger partial charge in [-0.05, 0) is 55.9 Å². The molecule has 1 amide bonds. The SMILES string of the molecule is CC(O)CCNS(=O)(=O)c1ccc2c(c1)CN(C(=O)C1CC1)CC2. The van der Waals surface area contributed by atoms with Crippen LogP contribution in [0.2, 0.25) is 0 Å².